The Morgan fingerprint density at radius 3 is 2.78 bits per heavy atom. The van der Waals surface area contributed by atoms with Crippen molar-refractivity contribution in [1.29, 1.82) is 0 Å². The summed E-state index contributed by atoms with van der Waals surface area (Å²) in [4.78, 5) is 12.5. The fourth-order valence-electron chi connectivity index (χ4n) is 2.21. The van der Waals surface area contributed by atoms with Crippen molar-refractivity contribution in [2.75, 3.05) is 5.32 Å². The molecule has 0 saturated carbocycles. The van der Waals surface area contributed by atoms with Crippen LogP contribution in [-0.4, -0.2) is 15.7 Å². The van der Waals surface area contributed by atoms with Crippen LogP contribution in [0.25, 0.3) is 0 Å². The van der Waals surface area contributed by atoms with Gasteiger partial charge in [-0.05, 0) is 58.5 Å². The molecular formula is C17H13ClIN3O. The molecule has 0 aliphatic heterocycles. The van der Waals surface area contributed by atoms with E-state index in [2.05, 4.69) is 33.0 Å². The summed E-state index contributed by atoms with van der Waals surface area (Å²) >= 11 is 8.05. The average molecular weight is 438 g/mol. The van der Waals surface area contributed by atoms with E-state index in [0.29, 0.717) is 17.1 Å². The minimum atomic E-state index is -0.154. The molecule has 0 unspecified atom stereocenters. The van der Waals surface area contributed by atoms with Crippen molar-refractivity contribution in [2.24, 2.45) is 0 Å². The Bertz CT molecular complexity index is 834. The van der Waals surface area contributed by atoms with Gasteiger partial charge in [0.15, 0.2) is 0 Å². The number of carbonyl (C=O) groups excluding carboxylic acids is 1. The minimum Gasteiger partial charge on any atom is -0.322 e. The van der Waals surface area contributed by atoms with Crippen molar-refractivity contribution in [3.63, 3.8) is 0 Å². The van der Waals surface area contributed by atoms with Crippen LogP contribution in [0, 0.1) is 3.57 Å². The van der Waals surface area contributed by atoms with Crippen LogP contribution in [0.5, 0.6) is 0 Å². The lowest BCUT2D eigenvalue weighted by atomic mass is 10.1. The molecule has 23 heavy (non-hydrogen) atoms. The highest BCUT2D eigenvalue weighted by molar-refractivity contribution is 14.1. The lowest BCUT2D eigenvalue weighted by Crippen LogP contribution is -2.15. The predicted octanol–water partition coefficient (Wildman–Crippen LogP) is 4.44. The van der Waals surface area contributed by atoms with Gasteiger partial charge in [0.1, 0.15) is 0 Å². The fourth-order valence-corrected chi connectivity index (χ4v) is 3.33. The molecular weight excluding hydrogens is 425 g/mol. The van der Waals surface area contributed by atoms with Gasteiger partial charge in [-0.3, -0.25) is 9.48 Å². The molecule has 0 aliphatic carbocycles. The number of amides is 1. The minimum absolute atomic E-state index is 0.154. The number of nitrogens with zero attached hydrogens (tertiary/aromatic N) is 2. The quantitative estimate of drug-likeness (QED) is 0.613. The van der Waals surface area contributed by atoms with E-state index >= 15 is 0 Å². The van der Waals surface area contributed by atoms with E-state index in [-0.39, 0.29) is 5.91 Å². The summed E-state index contributed by atoms with van der Waals surface area (Å²) in [7, 11) is 0. The van der Waals surface area contributed by atoms with Crippen LogP contribution < -0.4 is 5.32 Å². The van der Waals surface area contributed by atoms with Gasteiger partial charge < -0.3 is 5.32 Å². The summed E-state index contributed by atoms with van der Waals surface area (Å²) in [6, 6.07) is 14.8. The summed E-state index contributed by atoms with van der Waals surface area (Å²) < 4.78 is 2.63. The van der Waals surface area contributed by atoms with Crippen LogP contribution in [0.15, 0.2) is 60.9 Å². The van der Waals surface area contributed by atoms with Gasteiger partial charge in [0.25, 0.3) is 5.91 Å². The molecule has 0 aliphatic rings. The first-order chi connectivity index (χ1) is 11.1. The van der Waals surface area contributed by atoms with Gasteiger partial charge in [-0.2, -0.15) is 5.10 Å². The fraction of sp³-hybridized carbons (Fsp3) is 0.0588. The van der Waals surface area contributed by atoms with Gasteiger partial charge >= 0.3 is 0 Å². The van der Waals surface area contributed by atoms with Crippen LogP contribution in [0.3, 0.4) is 0 Å². The molecule has 4 nitrogen and oxygen atoms in total. The number of nitrogens with one attached hydrogen (secondary N) is 1. The van der Waals surface area contributed by atoms with E-state index in [1.165, 1.54) is 0 Å². The topological polar surface area (TPSA) is 46.9 Å². The molecule has 1 N–H and O–H groups in total. The number of aromatic nitrogens is 2. The lowest BCUT2D eigenvalue weighted by molar-refractivity contribution is 0.102. The van der Waals surface area contributed by atoms with Crippen LogP contribution in [-0.2, 0) is 6.54 Å². The van der Waals surface area contributed by atoms with E-state index in [9.17, 15) is 4.79 Å². The smallest absolute Gasteiger partial charge is 0.256 e. The van der Waals surface area contributed by atoms with E-state index in [1.54, 1.807) is 24.4 Å². The SMILES string of the molecule is O=C(Nc1ccccc1Cn1cccn1)c1ccc(Cl)cc1I. The first kappa shape index (κ1) is 16.0. The molecule has 1 aromatic heterocycles. The molecule has 116 valence electrons. The third kappa shape index (κ3) is 3.92. The van der Waals surface area contributed by atoms with Crippen molar-refractivity contribution in [2.45, 2.75) is 6.54 Å². The number of anilines is 1. The maximum absolute atomic E-state index is 12.5. The van der Waals surface area contributed by atoms with E-state index in [1.807, 2.05) is 41.2 Å². The third-order valence-electron chi connectivity index (χ3n) is 3.33. The summed E-state index contributed by atoms with van der Waals surface area (Å²) in [5.74, 6) is -0.154. The predicted molar refractivity (Wildman–Crippen MR) is 99.9 cm³/mol. The second kappa shape index (κ2) is 7.14. The summed E-state index contributed by atoms with van der Waals surface area (Å²) in [5, 5.41) is 7.79. The van der Waals surface area contributed by atoms with Gasteiger partial charge in [-0.15, -0.1) is 0 Å². The van der Waals surface area contributed by atoms with Gasteiger partial charge in [0.05, 0.1) is 12.1 Å². The lowest BCUT2D eigenvalue weighted by Gasteiger charge is -2.12. The Kier molecular flexibility index (Phi) is 4.97. The molecule has 0 saturated heterocycles. The number of benzene rings is 2. The third-order valence-corrected chi connectivity index (χ3v) is 4.46. The standard InChI is InChI=1S/C17H13ClIN3O/c18-13-6-7-14(15(19)10-13)17(23)21-16-5-2-1-4-12(16)11-22-9-3-8-20-22/h1-10H,11H2,(H,21,23). The zero-order valence-electron chi connectivity index (χ0n) is 12.0. The molecule has 1 heterocycles. The normalized spacial score (nSPS) is 10.5. The monoisotopic (exact) mass is 437 g/mol. The zero-order chi connectivity index (χ0) is 16.2. The Morgan fingerprint density at radius 2 is 2.04 bits per heavy atom. The molecule has 3 rings (SSSR count). The van der Waals surface area contributed by atoms with Gasteiger partial charge in [0, 0.05) is 26.7 Å². The van der Waals surface area contributed by atoms with E-state index < -0.39 is 0 Å². The largest absolute Gasteiger partial charge is 0.322 e. The highest BCUT2D eigenvalue weighted by Crippen LogP contribution is 2.21. The van der Waals surface area contributed by atoms with Crippen molar-refractivity contribution < 1.29 is 4.79 Å². The molecule has 3 aromatic rings. The van der Waals surface area contributed by atoms with Gasteiger partial charge in [-0.25, -0.2) is 0 Å². The van der Waals surface area contributed by atoms with E-state index in [4.69, 9.17) is 11.6 Å². The van der Waals surface area contributed by atoms with Crippen molar-refractivity contribution >= 4 is 45.8 Å². The first-order valence-electron chi connectivity index (χ1n) is 6.95. The Morgan fingerprint density at radius 1 is 1.22 bits per heavy atom. The van der Waals surface area contributed by atoms with Crippen molar-refractivity contribution in [3.8, 4) is 0 Å². The van der Waals surface area contributed by atoms with Gasteiger partial charge in [0.2, 0.25) is 0 Å². The average Bonchev–Trinajstić information content (AvgIpc) is 3.02. The highest BCUT2D eigenvalue weighted by atomic mass is 127. The molecule has 0 fully saturated rings. The second-order valence-corrected chi connectivity index (χ2v) is 6.54. The number of para-hydroxylation sites is 1. The molecule has 6 heteroatoms. The van der Waals surface area contributed by atoms with Crippen LogP contribution >= 0.6 is 34.2 Å². The number of carbonyl (C=O) groups is 1. The Hall–Kier alpha value is -1.86. The second-order valence-electron chi connectivity index (χ2n) is 4.94. The summed E-state index contributed by atoms with van der Waals surface area (Å²) in [6.07, 6.45) is 3.62. The molecule has 0 bridgehead atoms. The molecule has 0 atom stereocenters. The van der Waals surface area contributed by atoms with Crippen LogP contribution in [0.2, 0.25) is 5.02 Å². The number of rotatable bonds is 4. The van der Waals surface area contributed by atoms with Crippen molar-refractivity contribution in [3.05, 3.63) is 80.6 Å². The number of hydrogen-bond acceptors (Lipinski definition) is 2. The Balaban J connectivity index is 1.83. The van der Waals surface area contributed by atoms with Gasteiger partial charge in [-0.1, -0.05) is 29.8 Å². The van der Waals surface area contributed by atoms with E-state index in [0.717, 1.165) is 14.8 Å². The maximum atomic E-state index is 12.5. The van der Waals surface area contributed by atoms with Crippen LogP contribution in [0.1, 0.15) is 15.9 Å². The summed E-state index contributed by atoms with van der Waals surface area (Å²) in [6.45, 7) is 0.598. The molecule has 2 aromatic carbocycles. The zero-order valence-corrected chi connectivity index (χ0v) is 15.0. The Labute approximate surface area is 152 Å². The number of halogens is 2. The van der Waals surface area contributed by atoms with Crippen LogP contribution in [0.4, 0.5) is 5.69 Å². The maximum Gasteiger partial charge on any atom is 0.256 e. The number of hydrogen-bond donors (Lipinski definition) is 1. The highest BCUT2D eigenvalue weighted by Gasteiger charge is 2.12. The molecule has 1 amide bonds. The molecule has 0 spiro atoms. The molecule has 0 radical (unpaired) electrons. The van der Waals surface area contributed by atoms with Crippen molar-refractivity contribution in [1.82, 2.24) is 9.78 Å². The summed E-state index contributed by atoms with van der Waals surface area (Å²) in [5.41, 5.74) is 2.37. The first-order valence-corrected chi connectivity index (χ1v) is 8.41.